The lowest BCUT2D eigenvalue weighted by molar-refractivity contribution is -0.115. The molecule has 1 amide bonds. The van der Waals surface area contributed by atoms with Gasteiger partial charge in [-0.2, -0.15) is 4.98 Å². The summed E-state index contributed by atoms with van der Waals surface area (Å²) in [5.74, 6) is 0.929. The Morgan fingerprint density at radius 3 is 2.68 bits per heavy atom. The molecule has 0 aliphatic heterocycles. The largest absolute Gasteiger partial charge is 0.333 e. The fraction of sp³-hybridized carbons (Fsp3) is 0.278. The number of thiophene rings is 1. The van der Waals surface area contributed by atoms with Gasteiger partial charge in [0, 0.05) is 10.1 Å². The molecule has 7 heteroatoms. The van der Waals surface area contributed by atoms with Crippen molar-refractivity contribution in [2.75, 3.05) is 5.32 Å². The molecule has 0 saturated heterocycles. The Morgan fingerprint density at radius 1 is 1.28 bits per heavy atom. The van der Waals surface area contributed by atoms with Gasteiger partial charge in [0.15, 0.2) is 5.82 Å². The van der Waals surface area contributed by atoms with E-state index in [1.165, 1.54) is 16.2 Å². The van der Waals surface area contributed by atoms with E-state index in [2.05, 4.69) is 41.4 Å². The highest BCUT2D eigenvalue weighted by molar-refractivity contribution is 7.99. The number of hydrogen-bond donors (Lipinski definition) is 1. The summed E-state index contributed by atoms with van der Waals surface area (Å²) >= 11 is 3.27. The second-order valence-electron chi connectivity index (χ2n) is 5.85. The third kappa shape index (κ3) is 4.70. The summed E-state index contributed by atoms with van der Waals surface area (Å²) in [5, 5.41) is 9.16. The van der Waals surface area contributed by atoms with Gasteiger partial charge in [0.05, 0.1) is 12.1 Å². The van der Waals surface area contributed by atoms with Crippen LogP contribution in [0.3, 0.4) is 0 Å². The predicted octanol–water partition coefficient (Wildman–Crippen LogP) is 4.79. The lowest BCUT2D eigenvalue weighted by Gasteiger charge is -2.07. The summed E-state index contributed by atoms with van der Waals surface area (Å²) in [6.45, 7) is 6.09. The molecule has 0 unspecified atom stereocenters. The SMILES string of the molecule is Cc1noc(-c2sccc2NC(=O)Cc2ccc(SC(C)C)cc2)n1. The highest BCUT2D eigenvalue weighted by atomic mass is 32.2. The minimum atomic E-state index is -0.0693. The van der Waals surface area contributed by atoms with Crippen molar-refractivity contribution in [3.63, 3.8) is 0 Å². The van der Waals surface area contributed by atoms with E-state index in [0.717, 1.165) is 10.4 Å². The van der Waals surface area contributed by atoms with Crippen molar-refractivity contribution in [2.24, 2.45) is 0 Å². The molecule has 1 aromatic carbocycles. The van der Waals surface area contributed by atoms with Gasteiger partial charge in [-0.25, -0.2) is 0 Å². The molecule has 2 aromatic heterocycles. The zero-order valence-corrected chi connectivity index (χ0v) is 15.9. The Morgan fingerprint density at radius 2 is 2.04 bits per heavy atom. The average Bonchev–Trinajstić information content (AvgIpc) is 3.17. The second kappa shape index (κ2) is 7.84. The molecule has 3 aromatic rings. The molecule has 130 valence electrons. The van der Waals surface area contributed by atoms with E-state index >= 15 is 0 Å². The van der Waals surface area contributed by atoms with Gasteiger partial charge >= 0.3 is 0 Å². The van der Waals surface area contributed by atoms with Gasteiger partial charge in [0.25, 0.3) is 5.89 Å². The van der Waals surface area contributed by atoms with Crippen molar-refractivity contribution in [3.8, 4) is 10.8 Å². The quantitative estimate of drug-likeness (QED) is 0.629. The molecule has 2 heterocycles. The number of nitrogens with zero attached hydrogens (tertiary/aromatic N) is 2. The fourth-order valence-corrected chi connectivity index (χ4v) is 3.91. The first-order valence-electron chi connectivity index (χ1n) is 7.95. The van der Waals surface area contributed by atoms with Crippen LogP contribution >= 0.6 is 23.1 Å². The number of amides is 1. The molecular weight excluding hydrogens is 354 g/mol. The maximum Gasteiger partial charge on any atom is 0.270 e. The normalized spacial score (nSPS) is 11.0. The molecule has 0 atom stereocenters. The first-order chi connectivity index (χ1) is 12.0. The summed E-state index contributed by atoms with van der Waals surface area (Å²) in [6.07, 6.45) is 0.324. The van der Waals surface area contributed by atoms with Crippen LogP contribution in [-0.2, 0) is 11.2 Å². The molecule has 5 nitrogen and oxygen atoms in total. The molecule has 0 aliphatic rings. The van der Waals surface area contributed by atoms with Gasteiger partial charge < -0.3 is 9.84 Å². The molecule has 0 bridgehead atoms. The van der Waals surface area contributed by atoms with Gasteiger partial charge in [-0.3, -0.25) is 4.79 Å². The molecule has 0 radical (unpaired) electrons. The van der Waals surface area contributed by atoms with Crippen molar-refractivity contribution in [1.29, 1.82) is 0 Å². The number of carbonyl (C=O) groups is 1. The Bertz CT molecular complexity index is 853. The van der Waals surface area contributed by atoms with Gasteiger partial charge in [0.1, 0.15) is 4.88 Å². The predicted molar refractivity (Wildman–Crippen MR) is 102 cm³/mol. The number of aryl methyl sites for hydroxylation is 1. The fourth-order valence-electron chi connectivity index (χ4n) is 2.30. The van der Waals surface area contributed by atoms with Crippen molar-refractivity contribution in [2.45, 2.75) is 37.3 Å². The van der Waals surface area contributed by atoms with E-state index in [9.17, 15) is 4.79 Å². The van der Waals surface area contributed by atoms with Gasteiger partial charge in [-0.05, 0) is 36.1 Å². The molecule has 25 heavy (non-hydrogen) atoms. The Balaban J connectivity index is 1.64. The Labute approximate surface area is 154 Å². The first-order valence-corrected chi connectivity index (χ1v) is 9.71. The number of thioether (sulfide) groups is 1. The maximum atomic E-state index is 12.4. The van der Waals surface area contributed by atoms with E-state index < -0.39 is 0 Å². The number of rotatable bonds is 6. The first kappa shape index (κ1) is 17.7. The van der Waals surface area contributed by atoms with Crippen LogP contribution in [0.4, 0.5) is 5.69 Å². The number of anilines is 1. The molecule has 0 spiro atoms. The van der Waals surface area contributed by atoms with Crippen LogP contribution in [0, 0.1) is 6.92 Å². The lowest BCUT2D eigenvalue weighted by Crippen LogP contribution is -2.14. The summed E-state index contributed by atoms with van der Waals surface area (Å²) in [4.78, 5) is 18.6. The van der Waals surface area contributed by atoms with Crippen LogP contribution in [0.5, 0.6) is 0 Å². The van der Waals surface area contributed by atoms with E-state index in [0.29, 0.717) is 29.1 Å². The molecule has 0 saturated carbocycles. The average molecular weight is 374 g/mol. The third-order valence-corrected chi connectivity index (χ3v) is 5.24. The van der Waals surface area contributed by atoms with Crippen molar-refractivity contribution < 1.29 is 9.32 Å². The zero-order chi connectivity index (χ0) is 17.8. The summed E-state index contributed by atoms with van der Waals surface area (Å²) in [5.41, 5.74) is 1.68. The van der Waals surface area contributed by atoms with Gasteiger partial charge in [-0.1, -0.05) is 31.1 Å². The van der Waals surface area contributed by atoms with Crippen LogP contribution in [0.25, 0.3) is 10.8 Å². The molecule has 1 N–H and O–H groups in total. The van der Waals surface area contributed by atoms with Crippen LogP contribution in [0.15, 0.2) is 45.1 Å². The minimum Gasteiger partial charge on any atom is -0.333 e. The summed E-state index contributed by atoms with van der Waals surface area (Å²) in [6, 6.07) is 9.97. The highest BCUT2D eigenvalue weighted by Gasteiger charge is 2.15. The van der Waals surface area contributed by atoms with E-state index in [4.69, 9.17) is 4.52 Å². The molecule has 3 rings (SSSR count). The van der Waals surface area contributed by atoms with Gasteiger partial charge in [0.2, 0.25) is 5.91 Å². The number of hydrogen-bond acceptors (Lipinski definition) is 6. The Kier molecular flexibility index (Phi) is 5.55. The molecule has 0 aliphatic carbocycles. The lowest BCUT2D eigenvalue weighted by atomic mass is 10.1. The van der Waals surface area contributed by atoms with Crippen molar-refractivity contribution >= 4 is 34.7 Å². The smallest absolute Gasteiger partial charge is 0.270 e. The molecule has 0 fully saturated rings. The van der Waals surface area contributed by atoms with E-state index in [1.54, 1.807) is 6.92 Å². The van der Waals surface area contributed by atoms with Crippen molar-refractivity contribution in [3.05, 3.63) is 47.1 Å². The third-order valence-electron chi connectivity index (χ3n) is 3.32. The van der Waals surface area contributed by atoms with Crippen LogP contribution in [0.2, 0.25) is 0 Å². The van der Waals surface area contributed by atoms with Gasteiger partial charge in [-0.15, -0.1) is 23.1 Å². The number of aromatic nitrogens is 2. The van der Waals surface area contributed by atoms with E-state index in [-0.39, 0.29) is 5.91 Å². The highest BCUT2D eigenvalue weighted by Crippen LogP contribution is 2.32. The number of carbonyl (C=O) groups excluding carboxylic acids is 1. The zero-order valence-electron chi connectivity index (χ0n) is 14.3. The summed E-state index contributed by atoms with van der Waals surface area (Å²) < 4.78 is 5.19. The minimum absolute atomic E-state index is 0.0693. The topological polar surface area (TPSA) is 68.0 Å². The Hall–Kier alpha value is -2.12. The monoisotopic (exact) mass is 373 g/mol. The van der Waals surface area contributed by atoms with Crippen molar-refractivity contribution in [1.82, 2.24) is 10.1 Å². The number of nitrogens with one attached hydrogen (secondary N) is 1. The van der Waals surface area contributed by atoms with E-state index in [1.807, 2.05) is 35.3 Å². The maximum absolute atomic E-state index is 12.4. The molecular formula is C18H19N3O2S2. The van der Waals surface area contributed by atoms with Crippen LogP contribution in [-0.4, -0.2) is 21.3 Å². The number of benzene rings is 1. The second-order valence-corrected chi connectivity index (χ2v) is 8.41. The van der Waals surface area contributed by atoms with Crippen LogP contribution < -0.4 is 5.32 Å². The summed E-state index contributed by atoms with van der Waals surface area (Å²) in [7, 11) is 0. The van der Waals surface area contributed by atoms with Crippen LogP contribution in [0.1, 0.15) is 25.2 Å². The standard InChI is InChI=1S/C18H19N3O2S2/c1-11(2)25-14-6-4-13(5-7-14)10-16(22)20-15-8-9-24-17(15)18-19-12(3)21-23-18/h4-9,11H,10H2,1-3H3,(H,20,22).